The number of halogens is 1. The van der Waals surface area contributed by atoms with E-state index in [1.807, 2.05) is 22.4 Å². The van der Waals surface area contributed by atoms with Crippen LogP contribution in [-0.2, 0) is 4.79 Å². The fraction of sp³-hybridized carbons (Fsp3) is 0.519. The predicted molar refractivity (Wildman–Crippen MR) is 141 cm³/mol. The Morgan fingerprint density at radius 3 is 2.36 bits per heavy atom. The molecule has 0 saturated carbocycles. The molecule has 1 amide bonds. The van der Waals surface area contributed by atoms with Gasteiger partial charge in [0.05, 0.1) is 6.20 Å². The highest BCUT2D eigenvalue weighted by Gasteiger charge is 2.27. The first-order valence-corrected chi connectivity index (χ1v) is 12.9. The van der Waals surface area contributed by atoms with Crippen LogP contribution in [0.15, 0.2) is 42.9 Å². The van der Waals surface area contributed by atoms with Gasteiger partial charge < -0.3 is 10.2 Å². The molecule has 36 heavy (non-hydrogen) atoms. The minimum atomic E-state index is -0.443. The van der Waals surface area contributed by atoms with Crippen molar-refractivity contribution in [1.29, 1.82) is 0 Å². The van der Waals surface area contributed by atoms with Crippen LogP contribution in [0.25, 0.3) is 16.9 Å². The number of nitrogens with zero attached hydrogens (tertiary/aromatic N) is 6. The van der Waals surface area contributed by atoms with E-state index in [2.05, 4.69) is 52.8 Å². The molecular formula is C27H38FN7O. The van der Waals surface area contributed by atoms with Crippen LogP contribution < -0.4 is 5.32 Å². The van der Waals surface area contributed by atoms with Crippen molar-refractivity contribution in [2.24, 2.45) is 0 Å². The average Bonchev–Trinajstić information content (AvgIpc) is 3.22. The number of nitrogens with one attached hydrogen (secondary N) is 1. The minimum absolute atomic E-state index is 0.0645. The van der Waals surface area contributed by atoms with E-state index in [0.717, 1.165) is 44.8 Å². The lowest BCUT2D eigenvalue weighted by molar-refractivity contribution is -0.133. The van der Waals surface area contributed by atoms with Crippen molar-refractivity contribution in [2.75, 3.05) is 44.6 Å². The van der Waals surface area contributed by atoms with Crippen molar-refractivity contribution in [3.05, 3.63) is 48.7 Å². The van der Waals surface area contributed by atoms with Gasteiger partial charge in [0.2, 0.25) is 5.91 Å². The molecule has 0 radical (unpaired) electrons. The largest absolute Gasteiger partial charge is 0.358 e. The van der Waals surface area contributed by atoms with Crippen molar-refractivity contribution in [3.8, 4) is 11.3 Å². The van der Waals surface area contributed by atoms with Gasteiger partial charge in [0.15, 0.2) is 5.65 Å². The number of benzene rings is 1. The fourth-order valence-corrected chi connectivity index (χ4v) is 4.96. The maximum absolute atomic E-state index is 13.5. The van der Waals surface area contributed by atoms with Gasteiger partial charge in [-0.2, -0.15) is 0 Å². The average molecular weight is 496 g/mol. The van der Waals surface area contributed by atoms with Crippen LogP contribution in [0, 0.1) is 5.82 Å². The van der Waals surface area contributed by atoms with Crippen molar-refractivity contribution in [1.82, 2.24) is 29.1 Å². The van der Waals surface area contributed by atoms with Gasteiger partial charge in [-0.15, -0.1) is 0 Å². The maximum atomic E-state index is 13.5. The molecule has 3 heterocycles. The first kappa shape index (κ1) is 26.0. The SMILES string of the molecule is CC(Nc1c(-c2ccc(F)cc2)nc2cnccn12)C(=O)N1CCN(CCN(C(C)C)C(C)C)CC1. The van der Waals surface area contributed by atoms with Gasteiger partial charge in [-0.1, -0.05) is 0 Å². The Kier molecular flexibility index (Phi) is 8.21. The van der Waals surface area contributed by atoms with Gasteiger partial charge in [-0.3, -0.25) is 24.0 Å². The highest BCUT2D eigenvalue weighted by Crippen LogP contribution is 2.29. The Labute approximate surface area is 213 Å². The summed E-state index contributed by atoms with van der Waals surface area (Å²) in [5, 5.41) is 3.39. The third kappa shape index (κ3) is 5.84. The molecule has 9 heteroatoms. The predicted octanol–water partition coefficient (Wildman–Crippen LogP) is 3.60. The molecule has 1 aromatic carbocycles. The summed E-state index contributed by atoms with van der Waals surface area (Å²) in [7, 11) is 0. The van der Waals surface area contributed by atoms with Crippen molar-refractivity contribution < 1.29 is 9.18 Å². The fourth-order valence-electron chi connectivity index (χ4n) is 4.96. The third-order valence-corrected chi connectivity index (χ3v) is 6.96. The zero-order valence-electron chi connectivity index (χ0n) is 22.0. The summed E-state index contributed by atoms with van der Waals surface area (Å²) in [6.45, 7) is 16.1. The van der Waals surface area contributed by atoms with Crippen molar-refractivity contribution >= 4 is 17.4 Å². The highest BCUT2D eigenvalue weighted by molar-refractivity contribution is 5.86. The number of amides is 1. The van der Waals surface area contributed by atoms with Crippen LogP contribution in [0.5, 0.6) is 0 Å². The lowest BCUT2D eigenvalue weighted by Gasteiger charge is -2.38. The molecule has 1 aliphatic rings. The molecule has 2 aromatic heterocycles. The van der Waals surface area contributed by atoms with E-state index in [-0.39, 0.29) is 11.7 Å². The van der Waals surface area contributed by atoms with Gasteiger partial charge in [0.25, 0.3) is 0 Å². The number of rotatable bonds is 9. The zero-order valence-corrected chi connectivity index (χ0v) is 22.0. The second kappa shape index (κ2) is 11.3. The molecule has 1 atom stereocenters. The molecule has 8 nitrogen and oxygen atoms in total. The van der Waals surface area contributed by atoms with E-state index < -0.39 is 6.04 Å². The van der Waals surface area contributed by atoms with Crippen LogP contribution in [0.4, 0.5) is 10.2 Å². The summed E-state index contributed by atoms with van der Waals surface area (Å²) in [5.41, 5.74) is 2.09. The van der Waals surface area contributed by atoms with Gasteiger partial charge in [0, 0.05) is 69.3 Å². The van der Waals surface area contributed by atoms with Gasteiger partial charge in [-0.25, -0.2) is 9.37 Å². The molecule has 1 aliphatic heterocycles. The molecule has 1 fully saturated rings. The second-order valence-corrected chi connectivity index (χ2v) is 10.1. The normalized spacial score (nSPS) is 15.9. The van der Waals surface area contributed by atoms with Crippen LogP contribution in [0.2, 0.25) is 0 Å². The first-order chi connectivity index (χ1) is 17.2. The van der Waals surface area contributed by atoms with E-state index in [0.29, 0.717) is 29.2 Å². The number of hydrogen-bond donors (Lipinski definition) is 1. The van der Waals surface area contributed by atoms with Crippen molar-refractivity contribution in [3.63, 3.8) is 0 Å². The number of carbonyl (C=O) groups is 1. The molecule has 0 aliphatic carbocycles. The number of aromatic nitrogens is 3. The standard InChI is InChI=1S/C27H38FN7O/c1-19(2)34(20(3)4)17-14-32-12-15-33(16-13-32)27(36)21(5)30-26-25(22-6-8-23(28)9-7-22)31-24-18-29-10-11-35(24)26/h6-11,18-21,30H,12-17H2,1-5H3. The van der Waals surface area contributed by atoms with Crippen LogP contribution >= 0.6 is 0 Å². The Morgan fingerprint density at radius 1 is 1.06 bits per heavy atom. The summed E-state index contributed by atoms with van der Waals surface area (Å²) >= 11 is 0. The molecular weight excluding hydrogens is 457 g/mol. The number of hydrogen-bond acceptors (Lipinski definition) is 6. The molecule has 1 unspecified atom stereocenters. The Balaban J connectivity index is 1.41. The number of imidazole rings is 1. The van der Waals surface area contributed by atoms with Gasteiger partial charge >= 0.3 is 0 Å². The second-order valence-electron chi connectivity index (χ2n) is 10.1. The molecule has 0 spiro atoms. The number of carbonyl (C=O) groups excluding carboxylic acids is 1. The molecule has 1 saturated heterocycles. The number of anilines is 1. The lowest BCUT2D eigenvalue weighted by Crippen LogP contribution is -2.53. The smallest absolute Gasteiger partial charge is 0.244 e. The molecule has 1 N–H and O–H groups in total. The quantitative estimate of drug-likeness (QED) is 0.489. The first-order valence-electron chi connectivity index (χ1n) is 12.9. The zero-order chi connectivity index (χ0) is 25.8. The topological polar surface area (TPSA) is 69.0 Å². The molecule has 3 aromatic rings. The summed E-state index contributed by atoms with van der Waals surface area (Å²) in [5.74, 6) is 0.457. The molecule has 4 rings (SSSR count). The van der Waals surface area contributed by atoms with Crippen molar-refractivity contribution in [2.45, 2.75) is 52.7 Å². The molecule has 194 valence electrons. The van der Waals surface area contributed by atoms with Gasteiger partial charge in [-0.05, 0) is 58.9 Å². The third-order valence-electron chi connectivity index (χ3n) is 6.96. The lowest BCUT2D eigenvalue weighted by atomic mass is 10.1. The Morgan fingerprint density at radius 2 is 1.72 bits per heavy atom. The van der Waals surface area contributed by atoms with E-state index in [1.54, 1.807) is 24.5 Å². The van der Waals surface area contributed by atoms with E-state index in [9.17, 15) is 9.18 Å². The summed E-state index contributed by atoms with van der Waals surface area (Å²) < 4.78 is 15.4. The van der Waals surface area contributed by atoms with Crippen LogP contribution in [-0.4, -0.2) is 92.4 Å². The number of piperazine rings is 1. The summed E-state index contributed by atoms with van der Waals surface area (Å²) in [6.07, 6.45) is 5.16. The van der Waals surface area contributed by atoms with E-state index >= 15 is 0 Å². The number of fused-ring (bicyclic) bond motifs is 1. The minimum Gasteiger partial charge on any atom is -0.358 e. The van der Waals surface area contributed by atoms with Crippen LogP contribution in [0.1, 0.15) is 34.6 Å². The van der Waals surface area contributed by atoms with Gasteiger partial charge in [0.1, 0.15) is 23.4 Å². The highest BCUT2D eigenvalue weighted by atomic mass is 19.1. The summed E-state index contributed by atoms with van der Waals surface area (Å²) in [6, 6.07) is 6.82. The monoisotopic (exact) mass is 495 g/mol. The Hall–Kier alpha value is -3.04. The maximum Gasteiger partial charge on any atom is 0.244 e. The molecule has 0 bridgehead atoms. The summed E-state index contributed by atoms with van der Waals surface area (Å²) in [4.78, 5) is 29.1. The Bertz CT molecular complexity index is 1140. The van der Waals surface area contributed by atoms with Crippen LogP contribution in [0.3, 0.4) is 0 Å². The van der Waals surface area contributed by atoms with E-state index in [1.165, 1.54) is 12.1 Å². The van der Waals surface area contributed by atoms with E-state index in [4.69, 9.17) is 0 Å².